The molecule has 0 heterocycles. The molecule has 0 spiro atoms. The third-order valence-corrected chi connectivity index (χ3v) is 4.62. The van der Waals surface area contributed by atoms with Crippen LogP contribution in [0.1, 0.15) is 104 Å². The van der Waals surface area contributed by atoms with Gasteiger partial charge in [0.25, 0.3) is 0 Å². The van der Waals surface area contributed by atoms with E-state index in [-0.39, 0.29) is 12.1 Å². The smallest absolute Gasteiger partial charge is 0.305 e. The standard InChI is InChI=1S/C23H44O4/c1-3-5-6-13-17-22(24)18-14-11-9-7-8-10-12-15-19-23(25)27-21-16-20-26-4-2/h11,14,22,24H,3-10,12-13,15-21H2,1-2H3/b14-11-/t22-/m1/s1. The summed E-state index contributed by atoms with van der Waals surface area (Å²) in [5.41, 5.74) is 0. The van der Waals surface area contributed by atoms with E-state index in [1.165, 1.54) is 38.5 Å². The molecule has 0 saturated carbocycles. The molecule has 0 aromatic carbocycles. The lowest BCUT2D eigenvalue weighted by Gasteiger charge is -2.07. The summed E-state index contributed by atoms with van der Waals surface area (Å²) in [6, 6.07) is 0. The van der Waals surface area contributed by atoms with Gasteiger partial charge in [-0.25, -0.2) is 0 Å². The molecule has 0 rings (SSSR count). The Bertz CT molecular complexity index is 341. The number of aliphatic hydroxyl groups excluding tert-OH is 1. The van der Waals surface area contributed by atoms with Crippen LogP contribution in [0.4, 0.5) is 0 Å². The maximum absolute atomic E-state index is 11.5. The summed E-state index contributed by atoms with van der Waals surface area (Å²) >= 11 is 0. The zero-order valence-corrected chi connectivity index (χ0v) is 17.9. The van der Waals surface area contributed by atoms with Crippen molar-refractivity contribution in [2.75, 3.05) is 19.8 Å². The van der Waals surface area contributed by atoms with E-state index >= 15 is 0 Å². The van der Waals surface area contributed by atoms with E-state index in [1.807, 2.05) is 6.92 Å². The Labute approximate surface area is 167 Å². The van der Waals surface area contributed by atoms with Gasteiger partial charge in [-0.1, -0.05) is 64.0 Å². The molecule has 4 nitrogen and oxygen atoms in total. The van der Waals surface area contributed by atoms with Crippen LogP contribution >= 0.6 is 0 Å². The molecule has 0 unspecified atom stereocenters. The molecular formula is C23H44O4. The van der Waals surface area contributed by atoms with Gasteiger partial charge in [-0.3, -0.25) is 4.79 Å². The van der Waals surface area contributed by atoms with E-state index in [2.05, 4.69) is 19.1 Å². The number of aliphatic hydroxyl groups is 1. The molecule has 160 valence electrons. The molecule has 0 aliphatic rings. The van der Waals surface area contributed by atoms with E-state index in [0.29, 0.717) is 26.2 Å². The molecule has 0 radical (unpaired) electrons. The number of hydrogen-bond acceptors (Lipinski definition) is 4. The topological polar surface area (TPSA) is 55.8 Å². The van der Waals surface area contributed by atoms with E-state index in [0.717, 1.165) is 44.9 Å². The highest BCUT2D eigenvalue weighted by Gasteiger charge is 2.02. The van der Waals surface area contributed by atoms with E-state index in [1.54, 1.807) is 0 Å². The van der Waals surface area contributed by atoms with Gasteiger partial charge in [0.05, 0.1) is 12.7 Å². The molecule has 0 aliphatic heterocycles. The molecule has 1 N–H and O–H groups in total. The SMILES string of the molecule is CCCCCC[C@@H](O)C/C=C\CCCCCCCC(=O)OCCCOCC. The fraction of sp³-hybridized carbons (Fsp3) is 0.870. The maximum atomic E-state index is 11.5. The van der Waals surface area contributed by atoms with E-state index < -0.39 is 0 Å². The van der Waals surface area contributed by atoms with Crippen LogP contribution in [0.5, 0.6) is 0 Å². The average Bonchev–Trinajstić information content (AvgIpc) is 2.66. The lowest BCUT2D eigenvalue weighted by molar-refractivity contribution is -0.144. The lowest BCUT2D eigenvalue weighted by Crippen LogP contribution is -2.07. The van der Waals surface area contributed by atoms with Gasteiger partial charge in [-0.2, -0.15) is 0 Å². The van der Waals surface area contributed by atoms with Crippen LogP contribution in [0, 0.1) is 0 Å². The molecular weight excluding hydrogens is 340 g/mol. The van der Waals surface area contributed by atoms with Gasteiger partial charge >= 0.3 is 5.97 Å². The zero-order chi connectivity index (χ0) is 20.0. The highest BCUT2D eigenvalue weighted by atomic mass is 16.5. The third-order valence-electron chi connectivity index (χ3n) is 4.62. The molecule has 0 saturated heterocycles. The zero-order valence-electron chi connectivity index (χ0n) is 17.9. The van der Waals surface area contributed by atoms with Gasteiger partial charge in [0.15, 0.2) is 0 Å². The van der Waals surface area contributed by atoms with E-state index in [9.17, 15) is 9.90 Å². The average molecular weight is 385 g/mol. The Morgan fingerprint density at radius 2 is 1.63 bits per heavy atom. The Balaban J connectivity index is 3.30. The summed E-state index contributed by atoms with van der Waals surface area (Å²) in [6.07, 6.45) is 18.8. The predicted octanol–water partition coefficient (Wildman–Crippen LogP) is 5.96. The minimum Gasteiger partial charge on any atom is -0.466 e. The van der Waals surface area contributed by atoms with Crippen LogP contribution in [-0.4, -0.2) is 37.0 Å². The number of allylic oxidation sites excluding steroid dienone is 1. The Morgan fingerprint density at radius 1 is 0.889 bits per heavy atom. The van der Waals surface area contributed by atoms with Crippen LogP contribution in [-0.2, 0) is 14.3 Å². The minimum absolute atomic E-state index is 0.0808. The van der Waals surface area contributed by atoms with Crippen LogP contribution < -0.4 is 0 Å². The van der Waals surface area contributed by atoms with Crippen LogP contribution in [0.2, 0.25) is 0 Å². The summed E-state index contributed by atoms with van der Waals surface area (Å²) in [5.74, 6) is -0.0808. The Kier molecular flexibility index (Phi) is 20.7. The molecule has 1 atom stereocenters. The first-order valence-electron chi connectivity index (χ1n) is 11.3. The number of ether oxygens (including phenoxy) is 2. The second-order valence-corrected chi connectivity index (χ2v) is 7.29. The third kappa shape index (κ3) is 21.3. The van der Waals surface area contributed by atoms with Gasteiger partial charge in [0, 0.05) is 26.1 Å². The summed E-state index contributed by atoms with van der Waals surface area (Å²) < 4.78 is 10.4. The number of hydrogen-bond donors (Lipinski definition) is 1. The van der Waals surface area contributed by atoms with Crippen molar-refractivity contribution in [2.24, 2.45) is 0 Å². The highest BCUT2D eigenvalue weighted by Crippen LogP contribution is 2.10. The largest absolute Gasteiger partial charge is 0.466 e. The Morgan fingerprint density at radius 3 is 2.41 bits per heavy atom. The van der Waals surface area contributed by atoms with Crippen LogP contribution in [0.15, 0.2) is 12.2 Å². The summed E-state index contributed by atoms with van der Waals surface area (Å²) in [5, 5.41) is 9.89. The first-order valence-corrected chi connectivity index (χ1v) is 11.3. The van der Waals surface area contributed by atoms with Gasteiger partial charge in [0.1, 0.15) is 0 Å². The van der Waals surface area contributed by atoms with Crippen molar-refractivity contribution in [3.63, 3.8) is 0 Å². The van der Waals surface area contributed by atoms with Crippen LogP contribution in [0.25, 0.3) is 0 Å². The van der Waals surface area contributed by atoms with Crippen molar-refractivity contribution in [3.05, 3.63) is 12.2 Å². The van der Waals surface area contributed by atoms with Gasteiger partial charge in [0.2, 0.25) is 0 Å². The number of rotatable bonds is 20. The molecule has 0 bridgehead atoms. The first kappa shape index (κ1) is 26.1. The fourth-order valence-corrected chi connectivity index (χ4v) is 2.92. The lowest BCUT2D eigenvalue weighted by atomic mass is 10.1. The van der Waals surface area contributed by atoms with Crippen molar-refractivity contribution in [1.82, 2.24) is 0 Å². The van der Waals surface area contributed by atoms with Gasteiger partial charge in [-0.15, -0.1) is 0 Å². The highest BCUT2D eigenvalue weighted by molar-refractivity contribution is 5.69. The van der Waals surface area contributed by atoms with Crippen molar-refractivity contribution in [2.45, 2.75) is 110 Å². The molecule has 0 aromatic rings. The van der Waals surface area contributed by atoms with Crippen molar-refractivity contribution >= 4 is 5.97 Å². The molecule has 0 aliphatic carbocycles. The molecule has 27 heavy (non-hydrogen) atoms. The molecule has 0 fully saturated rings. The molecule has 0 aromatic heterocycles. The second kappa shape index (κ2) is 21.4. The summed E-state index contributed by atoms with van der Waals surface area (Å²) in [4.78, 5) is 11.5. The monoisotopic (exact) mass is 384 g/mol. The first-order chi connectivity index (χ1) is 13.2. The number of carbonyl (C=O) groups excluding carboxylic acids is 1. The van der Waals surface area contributed by atoms with Crippen LogP contribution in [0.3, 0.4) is 0 Å². The van der Waals surface area contributed by atoms with Gasteiger partial charge in [-0.05, 0) is 39.0 Å². The summed E-state index contributed by atoms with van der Waals surface area (Å²) in [7, 11) is 0. The fourth-order valence-electron chi connectivity index (χ4n) is 2.92. The summed E-state index contributed by atoms with van der Waals surface area (Å²) in [6.45, 7) is 6.02. The molecule has 0 amide bonds. The number of esters is 1. The van der Waals surface area contributed by atoms with Crippen molar-refractivity contribution in [1.29, 1.82) is 0 Å². The predicted molar refractivity (Wildman–Crippen MR) is 113 cm³/mol. The number of unbranched alkanes of at least 4 members (excludes halogenated alkanes) is 8. The Hall–Kier alpha value is -0.870. The minimum atomic E-state index is -0.169. The van der Waals surface area contributed by atoms with Gasteiger partial charge < -0.3 is 14.6 Å². The number of carbonyl (C=O) groups is 1. The normalized spacial score (nSPS) is 12.6. The van der Waals surface area contributed by atoms with E-state index in [4.69, 9.17) is 9.47 Å². The second-order valence-electron chi connectivity index (χ2n) is 7.29. The van der Waals surface area contributed by atoms with Crippen molar-refractivity contribution in [3.8, 4) is 0 Å². The quantitative estimate of drug-likeness (QED) is 0.160. The maximum Gasteiger partial charge on any atom is 0.305 e. The van der Waals surface area contributed by atoms with Crippen molar-refractivity contribution < 1.29 is 19.4 Å². The molecule has 4 heteroatoms.